The van der Waals surface area contributed by atoms with Crippen LogP contribution in [0.1, 0.15) is 6.92 Å². The van der Waals surface area contributed by atoms with Crippen LogP contribution in [0.5, 0.6) is 5.75 Å². The molecular formula is C18H22ClN5O2. The molecule has 1 aromatic heterocycles. The second kappa shape index (κ2) is 8.23. The van der Waals surface area contributed by atoms with Gasteiger partial charge in [0.15, 0.2) is 0 Å². The molecule has 2 aromatic rings. The fraction of sp³-hybridized carbons (Fsp3) is 0.389. The second-order valence-electron chi connectivity index (χ2n) is 6.08. The fourth-order valence-electron chi connectivity index (χ4n) is 2.92. The Morgan fingerprint density at radius 1 is 1.23 bits per heavy atom. The van der Waals surface area contributed by atoms with E-state index in [0.29, 0.717) is 29.8 Å². The van der Waals surface area contributed by atoms with Crippen LogP contribution in [0.2, 0.25) is 5.02 Å². The van der Waals surface area contributed by atoms with Crippen LogP contribution in [-0.2, 0) is 4.79 Å². The Balaban J connectivity index is 1.55. The highest BCUT2D eigenvalue weighted by Gasteiger charge is 2.25. The van der Waals surface area contributed by atoms with Crippen molar-refractivity contribution in [3.63, 3.8) is 0 Å². The number of aromatic nitrogens is 2. The van der Waals surface area contributed by atoms with Crippen LogP contribution in [0, 0.1) is 0 Å². The molecule has 0 radical (unpaired) electrons. The lowest BCUT2D eigenvalue weighted by molar-refractivity contribution is -0.131. The van der Waals surface area contributed by atoms with E-state index in [4.69, 9.17) is 16.3 Å². The van der Waals surface area contributed by atoms with Crippen molar-refractivity contribution in [1.82, 2.24) is 14.9 Å². The first-order valence-electron chi connectivity index (χ1n) is 8.49. The zero-order valence-electron chi connectivity index (χ0n) is 14.9. The van der Waals surface area contributed by atoms with E-state index in [1.165, 1.54) is 0 Å². The number of rotatable bonds is 5. The molecule has 1 saturated heterocycles. The first-order valence-corrected chi connectivity index (χ1v) is 8.87. The van der Waals surface area contributed by atoms with Crippen molar-refractivity contribution in [2.75, 3.05) is 43.5 Å². The molecular weight excluding hydrogens is 354 g/mol. The summed E-state index contributed by atoms with van der Waals surface area (Å²) in [5.41, 5.74) is 0.785. The molecule has 0 bridgehead atoms. The van der Waals surface area contributed by atoms with Gasteiger partial charge in [0.1, 0.15) is 11.8 Å². The summed E-state index contributed by atoms with van der Waals surface area (Å²) in [5, 5.41) is 3.71. The lowest BCUT2D eigenvalue weighted by Gasteiger charge is -2.36. The molecule has 1 aliphatic heterocycles. The van der Waals surface area contributed by atoms with Crippen LogP contribution in [0.3, 0.4) is 0 Å². The Morgan fingerprint density at radius 3 is 2.54 bits per heavy atom. The summed E-state index contributed by atoms with van der Waals surface area (Å²) in [6.07, 6.45) is 3.46. The molecule has 0 aliphatic carbocycles. The summed E-state index contributed by atoms with van der Waals surface area (Å²) in [4.78, 5) is 25.2. The Bertz CT molecular complexity index is 751. The third-order valence-corrected chi connectivity index (χ3v) is 4.63. The molecule has 138 valence electrons. The van der Waals surface area contributed by atoms with Crippen LogP contribution in [0.15, 0.2) is 36.7 Å². The van der Waals surface area contributed by atoms with Gasteiger partial charge in [0, 0.05) is 44.3 Å². The fourth-order valence-corrected chi connectivity index (χ4v) is 3.18. The Kier molecular flexibility index (Phi) is 5.78. The molecule has 0 saturated carbocycles. The van der Waals surface area contributed by atoms with Gasteiger partial charge in [0.05, 0.1) is 12.1 Å². The van der Waals surface area contributed by atoms with E-state index in [-0.39, 0.29) is 11.9 Å². The average molecular weight is 376 g/mol. The standard InChI is InChI=1S/C18H22ClN5O2/c1-13(22-14-4-5-16(26-2)15(19)12-14)17(25)23-8-10-24(11-9-23)18-20-6-3-7-21-18/h3-7,12-13,22H,8-11H2,1-2H3. The van der Waals surface area contributed by atoms with Gasteiger partial charge in [-0.25, -0.2) is 9.97 Å². The molecule has 3 rings (SSSR count). The summed E-state index contributed by atoms with van der Waals surface area (Å²) >= 11 is 6.14. The van der Waals surface area contributed by atoms with Crippen LogP contribution < -0.4 is 15.0 Å². The summed E-state index contributed by atoms with van der Waals surface area (Å²) in [7, 11) is 1.57. The van der Waals surface area contributed by atoms with Gasteiger partial charge < -0.3 is 19.9 Å². The number of anilines is 2. The maximum atomic E-state index is 12.7. The van der Waals surface area contributed by atoms with Crippen molar-refractivity contribution in [3.05, 3.63) is 41.7 Å². The molecule has 2 heterocycles. The Labute approximate surface area is 157 Å². The normalized spacial score (nSPS) is 15.5. The number of benzene rings is 1. The highest BCUT2D eigenvalue weighted by Crippen LogP contribution is 2.27. The number of carbonyl (C=O) groups excluding carboxylic acids is 1. The van der Waals surface area contributed by atoms with Gasteiger partial charge in [-0.2, -0.15) is 0 Å². The number of methoxy groups -OCH3 is 1. The largest absolute Gasteiger partial charge is 0.495 e. The zero-order chi connectivity index (χ0) is 18.5. The minimum absolute atomic E-state index is 0.0607. The molecule has 8 heteroatoms. The smallest absolute Gasteiger partial charge is 0.244 e. The molecule has 1 amide bonds. The number of hydrogen-bond donors (Lipinski definition) is 1. The third kappa shape index (κ3) is 4.16. The number of carbonyl (C=O) groups is 1. The van der Waals surface area contributed by atoms with Crippen molar-refractivity contribution >= 4 is 29.1 Å². The molecule has 1 aliphatic rings. The van der Waals surface area contributed by atoms with E-state index >= 15 is 0 Å². The van der Waals surface area contributed by atoms with Gasteiger partial charge in [-0.3, -0.25) is 4.79 Å². The minimum atomic E-state index is -0.348. The predicted molar refractivity (Wildman–Crippen MR) is 102 cm³/mol. The number of hydrogen-bond acceptors (Lipinski definition) is 6. The number of amides is 1. The number of nitrogens with one attached hydrogen (secondary N) is 1. The third-order valence-electron chi connectivity index (χ3n) is 4.33. The number of piperazine rings is 1. The van der Waals surface area contributed by atoms with Crippen LogP contribution in [-0.4, -0.2) is 60.1 Å². The first kappa shape index (κ1) is 18.3. The molecule has 7 nitrogen and oxygen atoms in total. The molecule has 1 unspecified atom stereocenters. The summed E-state index contributed by atoms with van der Waals surface area (Å²) in [5.74, 6) is 1.37. The second-order valence-corrected chi connectivity index (χ2v) is 6.48. The lowest BCUT2D eigenvalue weighted by Crippen LogP contribution is -2.52. The van der Waals surface area contributed by atoms with E-state index < -0.39 is 0 Å². The quantitative estimate of drug-likeness (QED) is 0.864. The average Bonchev–Trinajstić information content (AvgIpc) is 2.68. The van der Waals surface area contributed by atoms with E-state index in [1.54, 1.807) is 37.7 Å². The topological polar surface area (TPSA) is 70.6 Å². The van der Waals surface area contributed by atoms with Gasteiger partial charge in [0.25, 0.3) is 0 Å². The monoisotopic (exact) mass is 375 g/mol. The maximum Gasteiger partial charge on any atom is 0.244 e. The van der Waals surface area contributed by atoms with Crippen molar-refractivity contribution < 1.29 is 9.53 Å². The van der Waals surface area contributed by atoms with E-state index in [1.807, 2.05) is 17.9 Å². The molecule has 1 N–H and O–H groups in total. The molecule has 1 atom stereocenters. The minimum Gasteiger partial charge on any atom is -0.495 e. The maximum absolute atomic E-state index is 12.7. The predicted octanol–water partition coefficient (Wildman–Crippen LogP) is 2.29. The van der Waals surface area contributed by atoms with Gasteiger partial charge in [-0.15, -0.1) is 0 Å². The van der Waals surface area contributed by atoms with E-state index in [0.717, 1.165) is 18.8 Å². The number of nitrogens with zero attached hydrogens (tertiary/aromatic N) is 4. The Hall–Kier alpha value is -2.54. The van der Waals surface area contributed by atoms with Crippen molar-refractivity contribution in [2.24, 2.45) is 0 Å². The first-order chi connectivity index (χ1) is 12.6. The molecule has 0 spiro atoms. The van der Waals surface area contributed by atoms with Gasteiger partial charge in [-0.1, -0.05) is 11.6 Å². The van der Waals surface area contributed by atoms with Crippen molar-refractivity contribution in [2.45, 2.75) is 13.0 Å². The molecule has 26 heavy (non-hydrogen) atoms. The van der Waals surface area contributed by atoms with Gasteiger partial charge in [-0.05, 0) is 31.2 Å². The summed E-state index contributed by atoms with van der Waals surface area (Å²) < 4.78 is 5.14. The summed E-state index contributed by atoms with van der Waals surface area (Å²) in [6.45, 7) is 4.58. The summed E-state index contributed by atoms with van der Waals surface area (Å²) in [6, 6.07) is 6.83. The van der Waals surface area contributed by atoms with E-state index in [2.05, 4.69) is 20.2 Å². The van der Waals surface area contributed by atoms with Gasteiger partial charge >= 0.3 is 0 Å². The Morgan fingerprint density at radius 2 is 1.92 bits per heavy atom. The lowest BCUT2D eigenvalue weighted by atomic mass is 10.2. The van der Waals surface area contributed by atoms with Crippen molar-refractivity contribution in [1.29, 1.82) is 0 Å². The number of ether oxygens (including phenoxy) is 1. The SMILES string of the molecule is COc1ccc(NC(C)C(=O)N2CCN(c3ncccn3)CC2)cc1Cl. The van der Waals surface area contributed by atoms with Crippen LogP contribution in [0.25, 0.3) is 0 Å². The van der Waals surface area contributed by atoms with Crippen LogP contribution >= 0.6 is 11.6 Å². The van der Waals surface area contributed by atoms with Crippen LogP contribution in [0.4, 0.5) is 11.6 Å². The van der Waals surface area contributed by atoms with Gasteiger partial charge in [0.2, 0.25) is 11.9 Å². The number of halogens is 1. The van der Waals surface area contributed by atoms with Crippen molar-refractivity contribution in [3.8, 4) is 5.75 Å². The van der Waals surface area contributed by atoms with E-state index in [9.17, 15) is 4.79 Å². The molecule has 1 fully saturated rings. The molecule has 1 aromatic carbocycles. The highest BCUT2D eigenvalue weighted by atomic mass is 35.5. The highest BCUT2D eigenvalue weighted by molar-refractivity contribution is 6.32. The zero-order valence-corrected chi connectivity index (χ0v) is 15.6.